The number of likely N-dealkylation sites (N-methyl/N-ethyl adjacent to an activating group) is 1. The van der Waals surface area contributed by atoms with E-state index in [1.807, 2.05) is 10.7 Å². The molecule has 0 amide bonds. The normalized spacial score (nSPS) is 23.8. The van der Waals surface area contributed by atoms with Crippen molar-refractivity contribution in [2.75, 3.05) is 26.7 Å². The number of hydrogen-bond acceptors (Lipinski definition) is 5. The Morgan fingerprint density at radius 3 is 3.18 bits per heavy atom. The zero-order valence-corrected chi connectivity index (χ0v) is 10.5. The van der Waals surface area contributed by atoms with Crippen molar-refractivity contribution >= 4 is 0 Å². The summed E-state index contributed by atoms with van der Waals surface area (Å²) in [6, 6.07) is 1.98. The first kappa shape index (κ1) is 12.5. The minimum absolute atomic E-state index is 0.0137. The predicted octanol–water partition coefficient (Wildman–Crippen LogP) is -0.262. The van der Waals surface area contributed by atoms with E-state index in [9.17, 15) is 0 Å². The van der Waals surface area contributed by atoms with Gasteiger partial charge in [-0.2, -0.15) is 5.10 Å². The van der Waals surface area contributed by atoms with Gasteiger partial charge in [-0.25, -0.2) is 5.43 Å². The summed E-state index contributed by atoms with van der Waals surface area (Å²) in [5, 5.41) is 4.27. The summed E-state index contributed by atoms with van der Waals surface area (Å²) in [4.78, 5) is 2.26. The average Bonchev–Trinajstić information content (AvgIpc) is 2.78. The molecule has 6 nitrogen and oxygen atoms in total. The van der Waals surface area contributed by atoms with Crippen LogP contribution in [0.1, 0.15) is 18.7 Å². The van der Waals surface area contributed by atoms with Crippen LogP contribution in [0.4, 0.5) is 0 Å². The summed E-state index contributed by atoms with van der Waals surface area (Å²) in [6.07, 6.45) is 1.87. The minimum Gasteiger partial charge on any atom is -0.373 e. The van der Waals surface area contributed by atoms with Crippen molar-refractivity contribution < 1.29 is 4.74 Å². The third-order valence-corrected chi connectivity index (χ3v) is 3.22. The second-order valence-corrected chi connectivity index (χ2v) is 4.39. The van der Waals surface area contributed by atoms with E-state index in [0.29, 0.717) is 0 Å². The number of hydrazine groups is 1. The molecule has 1 fully saturated rings. The van der Waals surface area contributed by atoms with Crippen molar-refractivity contribution in [1.82, 2.24) is 20.1 Å². The molecule has 0 spiro atoms. The summed E-state index contributed by atoms with van der Waals surface area (Å²) in [5.41, 5.74) is 3.94. The first-order valence-electron chi connectivity index (χ1n) is 6.04. The minimum atomic E-state index is -0.0137. The molecular weight excluding hydrogens is 218 g/mol. The lowest BCUT2D eigenvalue weighted by molar-refractivity contribution is -0.0407. The SMILES string of the molecule is CCn1nccc1C(NN)C1CN(C)CCO1. The third kappa shape index (κ3) is 2.66. The Bertz CT molecular complexity index is 353. The highest BCUT2D eigenvalue weighted by molar-refractivity contribution is 5.09. The van der Waals surface area contributed by atoms with Gasteiger partial charge in [-0.15, -0.1) is 0 Å². The van der Waals surface area contributed by atoms with Gasteiger partial charge in [0.2, 0.25) is 0 Å². The van der Waals surface area contributed by atoms with Crippen LogP contribution >= 0.6 is 0 Å². The number of aryl methyl sites for hydroxylation is 1. The standard InChI is InChI=1S/C11H21N5O/c1-3-16-9(4-5-13-16)11(14-12)10-8-15(2)6-7-17-10/h4-5,10-11,14H,3,6-8,12H2,1-2H3. The van der Waals surface area contributed by atoms with Crippen LogP contribution in [0.15, 0.2) is 12.3 Å². The maximum Gasteiger partial charge on any atom is 0.0924 e. The number of morpholine rings is 1. The summed E-state index contributed by atoms with van der Waals surface area (Å²) < 4.78 is 7.75. The molecule has 17 heavy (non-hydrogen) atoms. The predicted molar refractivity (Wildman–Crippen MR) is 65.2 cm³/mol. The fourth-order valence-electron chi connectivity index (χ4n) is 2.27. The van der Waals surface area contributed by atoms with Gasteiger partial charge in [0.1, 0.15) is 0 Å². The lowest BCUT2D eigenvalue weighted by Crippen LogP contribution is -2.48. The highest BCUT2D eigenvalue weighted by Gasteiger charge is 2.29. The maximum absolute atomic E-state index is 5.80. The summed E-state index contributed by atoms with van der Waals surface area (Å²) in [5.74, 6) is 5.67. The van der Waals surface area contributed by atoms with E-state index in [2.05, 4.69) is 29.4 Å². The Hall–Kier alpha value is -0.950. The molecule has 0 saturated carbocycles. The molecule has 1 aromatic rings. The molecule has 0 bridgehead atoms. The average molecular weight is 239 g/mol. The number of nitrogens with two attached hydrogens (primary N) is 1. The second-order valence-electron chi connectivity index (χ2n) is 4.39. The van der Waals surface area contributed by atoms with Gasteiger partial charge in [0.15, 0.2) is 0 Å². The van der Waals surface area contributed by atoms with E-state index in [1.54, 1.807) is 6.20 Å². The number of nitrogens with zero attached hydrogens (tertiary/aromatic N) is 3. The maximum atomic E-state index is 5.80. The van der Waals surface area contributed by atoms with E-state index in [4.69, 9.17) is 10.6 Å². The molecule has 1 aliphatic heterocycles. The van der Waals surface area contributed by atoms with Crippen molar-refractivity contribution in [2.45, 2.75) is 25.6 Å². The van der Waals surface area contributed by atoms with Crippen LogP contribution in [0.5, 0.6) is 0 Å². The van der Waals surface area contributed by atoms with Gasteiger partial charge >= 0.3 is 0 Å². The molecule has 1 saturated heterocycles. The van der Waals surface area contributed by atoms with Crippen molar-refractivity contribution in [1.29, 1.82) is 0 Å². The van der Waals surface area contributed by atoms with E-state index in [-0.39, 0.29) is 12.1 Å². The monoisotopic (exact) mass is 239 g/mol. The zero-order valence-electron chi connectivity index (χ0n) is 10.5. The molecule has 2 unspecified atom stereocenters. The van der Waals surface area contributed by atoms with Gasteiger partial charge in [0.05, 0.1) is 24.4 Å². The molecular formula is C11H21N5O. The quantitative estimate of drug-likeness (QED) is 0.559. The molecule has 6 heteroatoms. The number of hydrogen-bond donors (Lipinski definition) is 2. The van der Waals surface area contributed by atoms with Crippen LogP contribution in [-0.2, 0) is 11.3 Å². The molecule has 2 atom stereocenters. The fourth-order valence-corrected chi connectivity index (χ4v) is 2.27. The molecule has 2 rings (SSSR count). The van der Waals surface area contributed by atoms with Crippen LogP contribution < -0.4 is 11.3 Å². The number of nitrogens with one attached hydrogen (secondary N) is 1. The van der Waals surface area contributed by atoms with E-state index < -0.39 is 0 Å². The first-order chi connectivity index (χ1) is 8.26. The molecule has 1 aromatic heterocycles. The van der Waals surface area contributed by atoms with Crippen LogP contribution in [0, 0.1) is 0 Å². The lowest BCUT2D eigenvalue weighted by Gasteiger charge is -2.34. The zero-order chi connectivity index (χ0) is 12.3. The van der Waals surface area contributed by atoms with Crippen LogP contribution in [0.2, 0.25) is 0 Å². The lowest BCUT2D eigenvalue weighted by atomic mass is 10.1. The largest absolute Gasteiger partial charge is 0.373 e. The molecule has 1 aliphatic rings. The van der Waals surface area contributed by atoms with Crippen LogP contribution in [0.25, 0.3) is 0 Å². The second kappa shape index (κ2) is 5.59. The Balaban J connectivity index is 2.15. The molecule has 2 heterocycles. The van der Waals surface area contributed by atoms with Crippen molar-refractivity contribution in [2.24, 2.45) is 5.84 Å². The molecule has 0 aromatic carbocycles. The highest BCUT2D eigenvalue weighted by atomic mass is 16.5. The Morgan fingerprint density at radius 2 is 2.53 bits per heavy atom. The van der Waals surface area contributed by atoms with E-state index in [1.165, 1.54) is 0 Å². The van der Waals surface area contributed by atoms with E-state index in [0.717, 1.165) is 31.9 Å². The van der Waals surface area contributed by atoms with Gasteiger partial charge in [0, 0.05) is 25.8 Å². The third-order valence-electron chi connectivity index (χ3n) is 3.22. The van der Waals surface area contributed by atoms with Crippen LogP contribution in [-0.4, -0.2) is 47.5 Å². The molecule has 0 radical (unpaired) electrons. The summed E-state index contributed by atoms with van der Waals surface area (Å²) in [7, 11) is 2.10. The van der Waals surface area contributed by atoms with Crippen molar-refractivity contribution in [3.63, 3.8) is 0 Å². The van der Waals surface area contributed by atoms with Crippen molar-refractivity contribution in [3.8, 4) is 0 Å². The van der Waals surface area contributed by atoms with Gasteiger partial charge in [-0.05, 0) is 20.0 Å². The Labute approximate surface area is 102 Å². The van der Waals surface area contributed by atoms with Gasteiger partial charge in [-0.3, -0.25) is 10.5 Å². The number of ether oxygens (including phenoxy) is 1. The van der Waals surface area contributed by atoms with Crippen LogP contribution in [0.3, 0.4) is 0 Å². The fraction of sp³-hybridized carbons (Fsp3) is 0.727. The smallest absolute Gasteiger partial charge is 0.0924 e. The summed E-state index contributed by atoms with van der Waals surface area (Å²) >= 11 is 0. The molecule has 96 valence electrons. The van der Waals surface area contributed by atoms with Crippen molar-refractivity contribution in [3.05, 3.63) is 18.0 Å². The Morgan fingerprint density at radius 1 is 1.71 bits per heavy atom. The van der Waals surface area contributed by atoms with Gasteiger partial charge in [-0.1, -0.05) is 0 Å². The number of aromatic nitrogens is 2. The van der Waals surface area contributed by atoms with Gasteiger partial charge in [0.25, 0.3) is 0 Å². The number of rotatable bonds is 4. The first-order valence-corrected chi connectivity index (χ1v) is 6.04. The Kier molecular flexibility index (Phi) is 4.11. The molecule has 0 aliphatic carbocycles. The molecule has 3 N–H and O–H groups in total. The van der Waals surface area contributed by atoms with E-state index >= 15 is 0 Å². The van der Waals surface area contributed by atoms with Gasteiger partial charge < -0.3 is 9.64 Å². The topological polar surface area (TPSA) is 68.3 Å². The summed E-state index contributed by atoms with van der Waals surface area (Å²) in [6.45, 7) is 5.51. The highest BCUT2D eigenvalue weighted by Crippen LogP contribution is 2.21.